The number of ether oxygens (including phenoxy) is 1. The van der Waals surface area contributed by atoms with Crippen LogP contribution in [0.5, 0.6) is 0 Å². The predicted octanol–water partition coefficient (Wildman–Crippen LogP) is 0.679. The molecule has 1 N–H and O–H groups in total. The fourth-order valence-corrected chi connectivity index (χ4v) is 5.38. The Morgan fingerprint density at radius 3 is 2.53 bits per heavy atom. The van der Waals surface area contributed by atoms with E-state index >= 15 is 0 Å². The van der Waals surface area contributed by atoms with Crippen LogP contribution in [-0.2, 0) is 19.6 Å². The molecule has 2 rings (SSSR count). The molecule has 1 aliphatic heterocycles. The van der Waals surface area contributed by atoms with E-state index in [1.807, 2.05) is 6.92 Å². The van der Waals surface area contributed by atoms with Gasteiger partial charge in [0.15, 0.2) is 0 Å². The maximum absolute atomic E-state index is 12.6. The molecule has 1 saturated heterocycles. The quantitative estimate of drug-likeness (QED) is 0.823. The fourth-order valence-electron chi connectivity index (χ4n) is 3.17. The van der Waals surface area contributed by atoms with Gasteiger partial charge in [-0.05, 0) is 26.2 Å². The van der Waals surface area contributed by atoms with Gasteiger partial charge in [-0.2, -0.15) is 4.31 Å². The molecule has 0 radical (unpaired) electrons. The maximum atomic E-state index is 12.6. The molecular weight excluding hydrogens is 270 g/mol. The predicted molar refractivity (Wildman–Crippen MR) is 69.3 cm³/mol. The summed E-state index contributed by atoms with van der Waals surface area (Å²) in [5.74, 6) is -1.78. The molecule has 1 saturated carbocycles. The highest BCUT2D eigenvalue weighted by Crippen LogP contribution is 2.34. The molecule has 6 nitrogen and oxygen atoms in total. The molecule has 0 aromatic rings. The minimum atomic E-state index is -3.58. The van der Waals surface area contributed by atoms with Crippen LogP contribution in [0.15, 0.2) is 0 Å². The third kappa shape index (κ3) is 2.64. The first-order valence-electron chi connectivity index (χ1n) is 6.67. The van der Waals surface area contributed by atoms with Gasteiger partial charge in [0, 0.05) is 13.7 Å². The van der Waals surface area contributed by atoms with E-state index in [1.54, 1.807) is 7.05 Å². The Morgan fingerprint density at radius 1 is 1.32 bits per heavy atom. The van der Waals surface area contributed by atoms with Crippen molar-refractivity contribution in [2.75, 3.05) is 13.7 Å². The van der Waals surface area contributed by atoms with Crippen molar-refractivity contribution in [2.24, 2.45) is 5.92 Å². The summed E-state index contributed by atoms with van der Waals surface area (Å²) >= 11 is 0. The molecular formula is C12H21NO5S. The zero-order chi connectivity index (χ0) is 14.2. The summed E-state index contributed by atoms with van der Waals surface area (Å²) in [5.41, 5.74) is 0. The fraction of sp³-hybridized carbons (Fsp3) is 0.917. The summed E-state index contributed by atoms with van der Waals surface area (Å²) in [6.07, 6.45) is 2.08. The van der Waals surface area contributed by atoms with Crippen LogP contribution in [0.4, 0.5) is 0 Å². The monoisotopic (exact) mass is 291 g/mol. The van der Waals surface area contributed by atoms with Gasteiger partial charge in [0.05, 0.1) is 23.3 Å². The van der Waals surface area contributed by atoms with Gasteiger partial charge in [0.1, 0.15) is 0 Å². The number of carbonyl (C=O) groups is 1. The second kappa shape index (κ2) is 5.38. The summed E-state index contributed by atoms with van der Waals surface area (Å²) in [4.78, 5) is 11.2. The van der Waals surface area contributed by atoms with Gasteiger partial charge in [-0.3, -0.25) is 4.79 Å². The lowest BCUT2D eigenvalue weighted by atomic mass is 10.1. The zero-order valence-electron chi connectivity index (χ0n) is 11.3. The van der Waals surface area contributed by atoms with Gasteiger partial charge in [0.2, 0.25) is 10.0 Å². The van der Waals surface area contributed by atoms with E-state index in [0.29, 0.717) is 32.3 Å². The Morgan fingerprint density at radius 2 is 2.00 bits per heavy atom. The van der Waals surface area contributed by atoms with Crippen molar-refractivity contribution in [2.45, 2.75) is 50.0 Å². The smallest absolute Gasteiger partial charge is 0.307 e. The highest BCUT2D eigenvalue weighted by Gasteiger charge is 2.46. The lowest BCUT2D eigenvalue weighted by Gasteiger charge is -2.30. The van der Waals surface area contributed by atoms with Gasteiger partial charge < -0.3 is 9.84 Å². The van der Waals surface area contributed by atoms with Crippen molar-refractivity contribution >= 4 is 16.0 Å². The van der Waals surface area contributed by atoms with Gasteiger partial charge in [-0.1, -0.05) is 6.42 Å². The Labute approximate surface area is 113 Å². The summed E-state index contributed by atoms with van der Waals surface area (Å²) in [5, 5.41) is 8.35. The van der Waals surface area contributed by atoms with Gasteiger partial charge in [-0.25, -0.2) is 8.42 Å². The molecule has 2 aliphatic rings. The highest BCUT2D eigenvalue weighted by atomic mass is 32.2. The number of nitrogens with zero attached hydrogens (tertiary/aromatic N) is 1. The molecule has 19 heavy (non-hydrogen) atoms. The Kier molecular flexibility index (Phi) is 4.17. The van der Waals surface area contributed by atoms with Gasteiger partial charge in [0.25, 0.3) is 0 Å². The molecule has 4 atom stereocenters. The van der Waals surface area contributed by atoms with Crippen LogP contribution in [-0.4, -0.2) is 54.8 Å². The molecule has 0 bridgehead atoms. The van der Waals surface area contributed by atoms with Crippen molar-refractivity contribution in [3.05, 3.63) is 0 Å². The van der Waals surface area contributed by atoms with Crippen LogP contribution in [0, 0.1) is 5.92 Å². The molecule has 0 spiro atoms. The van der Waals surface area contributed by atoms with Crippen LogP contribution in [0.1, 0.15) is 32.6 Å². The van der Waals surface area contributed by atoms with E-state index in [4.69, 9.17) is 9.84 Å². The molecule has 2 fully saturated rings. The molecule has 1 heterocycles. The SMILES string of the molecule is CC1OCCC1N(C)S(=O)(=O)C1CCCC1C(=O)O. The third-order valence-electron chi connectivity index (χ3n) is 4.36. The molecule has 7 heteroatoms. The van der Waals surface area contributed by atoms with Gasteiger partial charge >= 0.3 is 5.97 Å². The highest BCUT2D eigenvalue weighted by molar-refractivity contribution is 7.89. The molecule has 0 amide bonds. The van der Waals surface area contributed by atoms with E-state index in [0.717, 1.165) is 0 Å². The first-order valence-corrected chi connectivity index (χ1v) is 8.17. The van der Waals surface area contributed by atoms with Crippen LogP contribution in [0.3, 0.4) is 0 Å². The number of likely N-dealkylation sites (N-methyl/N-ethyl adjacent to an activating group) is 1. The van der Waals surface area contributed by atoms with Crippen molar-refractivity contribution < 1.29 is 23.1 Å². The minimum Gasteiger partial charge on any atom is -0.481 e. The normalized spacial score (nSPS) is 35.9. The average Bonchev–Trinajstić information content (AvgIpc) is 2.95. The molecule has 110 valence electrons. The van der Waals surface area contributed by atoms with E-state index < -0.39 is 27.2 Å². The second-order valence-corrected chi connectivity index (χ2v) is 7.62. The third-order valence-corrected chi connectivity index (χ3v) is 6.76. The maximum Gasteiger partial charge on any atom is 0.307 e. The number of carboxylic acids is 1. The number of aliphatic carboxylic acids is 1. The summed E-state index contributed by atoms with van der Waals surface area (Å²) in [7, 11) is -2.03. The van der Waals surface area contributed by atoms with Crippen LogP contribution in [0.2, 0.25) is 0 Å². The number of carboxylic acid groups (broad SMARTS) is 1. The van der Waals surface area contributed by atoms with Crippen molar-refractivity contribution in [3.63, 3.8) is 0 Å². The van der Waals surface area contributed by atoms with Crippen molar-refractivity contribution in [1.29, 1.82) is 0 Å². The minimum absolute atomic E-state index is 0.135. The van der Waals surface area contributed by atoms with Crippen LogP contribution < -0.4 is 0 Å². The topological polar surface area (TPSA) is 83.9 Å². The van der Waals surface area contributed by atoms with Crippen molar-refractivity contribution in [1.82, 2.24) is 4.31 Å². The largest absolute Gasteiger partial charge is 0.481 e. The Bertz CT molecular complexity index is 449. The number of hydrogen-bond donors (Lipinski definition) is 1. The lowest BCUT2D eigenvalue weighted by molar-refractivity contribution is -0.141. The molecule has 1 aliphatic carbocycles. The first-order chi connectivity index (χ1) is 8.85. The summed E-state index contributed by atoms with van der Waals surface area (Å²) < 4.78 is 31.9. The zero-order valence-corrected chi connectivity index (χ0v) is 12.1. The van der Waals surface area contributed by atoms with Crippen LogP contribution >= 0.6 is 0 Å². The average molecular weight is 291 g/mol. The Hall–Kier alpha value is -0.660. The molecule has 0 aromatic carbocycles. The Balaban J connectivity index is 2.19. The van der Waals surface area contributed by atoms with E-state index in [2.05, 4.69) is 0 Å². The molecule has 0 aromatic heterocycles. The number of hydrogen-bond acceptors (Lipinski definition) is 4. The molecule has 4 unspecified atom stereocenters. The van der Waals surface area contributed by atoms with E-state index in [-0.39, 0.29) is 12.1 Å². The van der Waals surface area contributed by atoms with E-state index in [1.165, 1.54) is 4.31 Å². The van der Waals surface area contributed by atoms with Crippen molar-refractivity contribution in [3.8, 4) is 0 Å². The summed E-state index contributed by atoms with van der Waals surface area (Å²) in [6, 6.07) is -0.181. The number of rotatable bonds is 4. The first kappa shape index (κ1) is 14.7. The standard InChI is InChI=1S/C12H21NO5S/c1-8-10(6-7-18-8)13(2)19(16,17)11-5-3-4-9(11)12(14)15/h8-11H,3-7H2,1-2H3,(H,14,15). The second-order valence-electron chi connectivity index (χ2n) is 5.41. The van der Waals surface area contributed by atoms with Crippen LogP contribution in [0.25, 0.3) is 0 Å². The van der Waals surface area contributed by atoms with E-state index in [9.17, 15) is 13.2 Å². The lowest BCUT2D eigenvalue weighted by Crippen LogP contribution is -2.47. The summed E-state index contributed by atoms with van der Waals surface area (Å²) in [6.45, 7) is 2.41. The number of sulfonamides is 1. The van der Waals surface area contributed by atoms with Gasteiger partial charge in [-0.15, -0.1) is 0 Å².